The highest BCUT2D eigenvalue weighted by atomic mass is 32.2. The van der Waals surface area contributed by atoms with Crippen LogP contribution in [0.1, 0.15) is 26.7 Å². The number of sulfonamides is 1. The summed E-state index contributed by atoms with van der Waals surface area (Å²) in [5.74, 6) is 0.519. The van der Waals surface area contributed by atoms with Crippen LogP contribution in [0.4, 0.5) is 0 Å². The summed E-state index contributed by atoms with van der Waals surface area (Å²) in [5, 5.41) is 0. The van der Waals surface area contributed by atoms with Crippen LogP contribution >= 0.6 is 0 Å². The first-order chi connectivity index (χ1) is 7.41. The molecule has 0 bridgehead atoms. The molecule has 0 saturated heterocycles. The van der Waals surface area contributed by atoms with Crippen LogP contribution in [0.25, 0.3) is 0 Å². The molecular formula is C10H24N2O3S. The molecule has 6 heteroatoms. The van der Waals surface area contributed by atoms with E-state index in [4.69, 9.17) is 10.5 Å². The van der Waals surface area contributed by atoms with Gasteiger partial charge in [-0.25, -0.2) is 13.1 Å². The molecule has 0 amide bonds. The van der Waals surface area contributed by atoms with Gasteiger partial charge in [0.15, 0.2) is 0 Å². The van der Waals surface area contributed by atoms with Crippen LogP contribution in [0.5, 0.6) is 0 Å². The lowest BCUT2D eigenvalue weighted by molar-refractivity contribution is 0.199. The van der Waals surface area contributed by atoms with E-state index in [1.807, 2.05) is 13.8 Å². The Kier molecular flexibility index (Phi) is 7.91. The maximum Gasteiger partial charge on any atom is 0.211 e. The molecule has 0 fully saturated rings. The molecule has 0 aromatic rings. The van der Waals surface area contributed by atoms with Crippen molar-refractivity contribution < 1.29 is 13.2 Å². The summed E-state index contributed by atoms with van der Waals surface area (Å²) in [7, 11) is -1.66. The van der Waals surface area contributed by atoms with Crippen molar-refractivity contribution in [2.24, 2.45) is 11.7 Å². The monoisotopic (exact) mass is 252 g/mol. The smallest absolute Gasteiger partial charge is 0.211 e. The summed E-state index contributed by atoms with van der Waals surface area (Å²) in [5.41, 5.74) is 5.53. The van der Waals surface area contributed by atoms with E-state index < -0.39 is 10.0 Å². The minimum atomic E-state index is -3.22. The van der Waals surface area contributed by atoms with Gasteiger partial charge in [0.05, 0.1) is 5.75 Å². The van der Waals surface area contributed by atoms with E-state index in [1.54, 1.807) is 7.11 Å². The maximum absolute atomic E-state index is 11.6. The standard InChI is InChI=1S/C10H24N2O3S/c1-9(2)7-10(8-11)12-16(13,14)6-4-5-15-3/h9-10,12H,4-8,11H2,1-3H3. The van der Waals surface area contributed by atoms with Crippen LogP contribution in [-0.4, -0.2) is 40.5 Å². The fourth-order valence-corrected chi connectivity index (χ4v) is 2.78. The van der Waals surface area contributed by atoms with E-state index in [0.717, 1.165) is 6.42 Å². The van der Waals surface area contributed by atoms with Crippen molar-refractivity contribution in [2.75, 3.05) is 26.0 Å². The van der Waals surface area contributed by atoms with Crippen LogP contribution in [0.3, 0.4) is 0 Å². The zero-order chi connectivity index (χ0) is 12.6. The predicted molar refractivity (Wildman–Crippen MR) is 65.7 cm³/mol. The highest BCUT2D eigenvalue weighted by Gasteiger charge is 2.17. The molecule has 0 rings (SSSR count). The van der Waals surface area contributed by atoms with Gasteiger partial charge < -0.3 is 10.5 Å². The first-order valence-electron chi connectivity index (χ1n) is 5.60. The molecule has 0 aromatic carbocycles. The first kappa shape index (κ1) is 15.8. The van der Waals surface area contributed by atoms with Crippen LogP contribution in [0.2, 0.25) is 0 Å². The lowest BCUT2D eigenvalue weighted by Crippen LogP contribution is -2.42. The average molecular weight is 252 g/mol. The van der Waals surface area contributed by atoms with Crippen molar-refractivity contribution in [3.8, 4) is 0 Å². The SMILES string of the molecule is COCCCS(=O)(=O)NC(CN)CC(C)C. The molecule has 0 spiro atoms. The van der Waals surface area contributed by atoms with E-state index >= 15 is 0 Å². The van der Waals surface area contributed by atoms with E-state index in [2.05, 4.69) is 4.72 Å². The normalized spacial score (nSPS) is 14.3. The second-order valence-electron chi connectivity index (χ2n) is 4.35. The molecule has 0 aliphatic rings. The van der Waals surface area contributed by atoms with Gasteiger partial charge in [0.25, 0.3) is 0 Å². The lowest BCUT2D eigenvalue weighted by atomic mass is 10.1. The van der Waals surface area contributed by atoms with Gasteiger partial charge in [0.2, 0.25) is 10.0 Å². The molecule has 5 nitrogen and oxygen atoms in total. The predicted octanol–water partition coefficient (Wildman–Crippen LogP) is 0.316. The molecule has 1 unspecified atom stereocenters. The second-order valence-corrected chi connectivity index (χ2v) is 6.22. The summed E-state index contributed by atoms with van der Waals surface area (Å²) in [6.07, 6.45) is 1.27. The van der Waals surface area contributed by atoms with Gasteiger partial charge >= 0.3 is 0 Å². The van der Waals surface area contributed by atoms with Gasteiger partial charge in [0.1, 0.15) is 0 Å². The summed E-state index contributed by atoms with van der Waals surface area (Å²) in [4.78, 5) is 0. The Hall–Kier alpha value is -0.170. The third-order valence-corrected chi connectivity index (χ3v) is 3.67. The number of rotatable bonds is 9. The third-order valence-electron chi connectivity index (χ3n) is 2.15. The zero-order valence-electron chi connectivity index (χ0n) is 10.4. The minimum absolute atomic E-state index is 0.0927. The van der Waals surface area contributed by atoms with Crippen molar-refractivity contribution in [3.63, 3.8) is 0 Å². The van der Waals surface area contributed by atoms with Gasteiger partial charge in [-0.2, -0.15) is 0 Å². The largest absolute Gasteiger partial charge is 0.385 e. The fourth-order valence-electron chi connectivity index (χ4n) is 1.47. The summed E-state index contributed by atoms with van der Waals surface area (Å²) in [6.45, 7) is 4.88. The second kappa shape index (κ2) is 8.00. The molecule has 0 aromatic heterocycles. The number of ether oxygens (including phenoxy) is 1. The molecule has 16 heavy (non-hydrogen) atoms. The van der Waals surface area contributed by atoms with Crippen LogP contribution in [0, 0.1) is 5.92 Å². The molecular weight excluding hydrogens is 228 g/mol. The van der Waals surface area contributed by atoms with Gasteiger partial charge in [-0.3, -0.25) is 0 Å². The van der Waals surface area contributed by atoms with Crippen LogP contribution < -0.4 is 10.5 Å². The van der Waals surface area contributed by atoms with E-state index in [1.165, 1.54) is 0 Å². The molecule has 3 N–H and O–H groups in total. The molecule has 1 atom stereocenters. The fraction of sp³-hybridized carbons (Fsp3) is 1.00. The highest BCUT2D eigenvalue weighted by molar-refractivity contribution is 7.89. The maximum atomic E-state index is 11.6. The molecule has 98 valence electrons. The van der Waals surface area contributed by atoms with E-state index in [-0.39, 0.29) is 11.8 Å². The quantitative estimate of drug-likeness (QED) is 0.579. The van der Waals surface area contributed by atoms with Crippen molar-refractivity contribution in [3.05, 3.63) is 0 Å². The van der Waals surface area contributed by atoms with Gasteiger partial charge in [0, 0.05) is 26.3 Å². The Morgan fingerprint density at radius 1 is 1.38 bits per heavy atom. The Morgan fingerprint density at radius 2 is 2.00 bits per heavy atom. The number of methoxy groups -OCH3 is 1. The summed E-state index contributed by atoms with van der Waals surface area (Å²) in [6, 6.07) is -0.160. The van der Waals surface area contributed by atoms with E-state index in [9.17, 15) is 8.42 Å². The van der Waals surface area contributed by atoms with Gasteiger partial charge in [-0.05, 0) is 18.8 Å². The van der Waals surface area contributed by atoms with Crippen LogP contribution in [0.15, 0.2) is 0 Å². The number of hydrogen-bond acceptors (Lipinski definition) is 4. The topological polar surface area (TPSA) is 81.4 Å². The Bertz CT molecular complexity index is 265. The van der Waals surface area contributed by atoms with Crippen molar-refractivity contribution in [1.29, 1.82) is 0 Å². The first-order valence-corrected chi connectivity index (χ1v) is 7.25. The number of nitrogens with one attached hydrogen (secondary N) is 1. The molecule has 0 aliphatic heterocycles. The van der Waals surface area contributed by atoms with Crippen molar-refractivity contribution >= 4 is 10.0 Å². The van der Waals surface area contributed by atoms with E-state index in [0.29, 0.717) is 25.5 Å². The van der Waals surface area contributed by atoms with Crippen molar-refractivity contribution in [2.45, 2.75) is 32.7 Å². The molecule has 0 saturated carbocycles. The van der Waals surface area contributed by atoms with Crippen molar-refractivity contribution in [1.82, 2.24) is 4.72 Å². The highest BCUT2D eigenvalue weighted by Crippen LogP contribution is 2.05. The molecule has 0 radical (unpaired) electrons. The Morgan fingerprint density at radius 3 is 2.44 bits per heavy atom. The summed E-state index contributed by atoms with van der Waals surface area (Å²) < 4.78 is 30.7. The summed E-state index contributed by atoms with van der Waals surface area (Å²) >= 11 is 0. The number of nitrogens with two attached hydrogens (primary N) is 1. The average Bonchev–Trinajstić information content (AvgIpc) is 2.15. The third kappa shape index (κ3) is 8.04. The number of hydrogen-bond donors (Lipinski definition) is 2. The molecule has 0 heterocycles. The minimum Gasteiger partial charge on any atom is -0.385 e. The lowest BCUT2D eigenvalue weighted by Gasteiger charge is -2.18. The van der Waals surface area contributed by atoms with Gasteiger partial charge in [-0.1, -0.05) is 13.8 Å². The molecule has 0 aliphatic carbocycles. The van der Waals surface area contributed by atoms with Gasteiger partial charge in [-0.15, -0.1) is 0 Å². The Labute approximate surface area is 98.8 Å². The van der Waals surface area contributed by atoms with Crippen LogP contribution in [-0.2, 0) is 14.8 Å². The Balaban J connectivity index is 4.10. The zero-order valence-corrected chi connectivity index (χ0v) is 11.2.